The first kappa shape index (κ1) is 15.9. The number of carbonyl (C=O) groups is 1. The van der Waals surface area contributed by atoms with Crippen molar-refractivity contribution in [1.29, 1.82) is 0 Å². The minimum Gasteiger partial charge on any atom is -0.353 e. The molecule has 0 saturated carbocycles. The van der Waals surface area contributed by atoms with Crippen LogP contribution < -0.4 is 10.6 Å². The van der Waals surface area contributed by atoms with Crippen molar-refractivity contribution in [2.24, 2.45) is 4.99 Å². The van der Waals surface area contributed by atoms with E-state index < -0.39 is 0 Å². The Balaban J connectivity index is 1.68. The minimum atomic E-state index is 0.0533. The molecule has 0 spiro atoms. The van der Waals surface area contributed by atoms with Gasteiger partial charge in [0.05, 0.1) is 17.1 Å². The molecule has 0 bridgehead atoms. The van der Waals surface area contributed by atoms with Crippen LogP contribution in [-0.2, 0) is 4.79 Å². The number of rotatable bonds is 5. The molecule has 0 unspecified atom stereocenters. The average molecular weight is 327 g/mol. The lowest BCUT2D eigenvalue weighted by molar-refractivity contribution is -0.119. The predicted octanol–water partition coefficient (Wildman–Crippen LogP) is 4.29. The number of aliphatic imine (C=N–C) groups is 1. The highest BCUT2D eigenvalue weighted by atomic mass is 32.2. The van der Waals surface area contributed by atoms with E-state index in [4.69, 9.17) is 0 Å². The number of amides is 1. The van der Waals surface area contributed by atoms with E-state index in [1.54, 1.807) is 0 Å². The highest BCUT2D eigenvalue weighted by Crippen LogP contribution is 2.36. The van der Waals surface area contributed by atoms with E-state index >= 15 is 0 Å². The number of nitrogens with zero attached hydrogens (tertiary/aromatic N) is 1. The van der Waals surface area contributed by atoms with Crippen molar-refractivity contribution in [3.63, 3.8) is 0 Å². The van der Waals surface area contributed by atoms with Gasteiger partial charge in [0.15, 0.2) is 5.17 Å². The monoisotopic (exact) mass is 327 g/mol. The topological polar surface area (TPSA) is 53.5 Å². The second kappa shape index (κ2) is 7.04. The van der Waals surface area contributed by atoms with Gasteiger partial charge in [-0.1, -0.05) is 49.4 Å². The van der Waals surface area contributed by atoms with Crippen LogP contribution in [0.3, 0.4) is 0 Å². The molecule has 0 aliphatic carbocycles. The summed E-state index contributed by atoms with van der Waals surface area (Å²) in [6.45, 7) is 4.16. The van der Waals surface area contributed by atoms with E-state index in [2.05, 4.69) is 34.7 Å². The van der Waals surface area contributed by atoms with E-state index in [9.17, 15) is 4.79 Å². The average Bonchev–Trinajstić information content (AvgIpc) is 2.54. The number of nitrogens with one attached hydrogen (secondary N) is 2. The second-order valence-electron chi connectivity index (χ2n) is 5.77. The molecule has 1 aliphatic rings. The predicted molar refractivity (Wildman–Crippen MR) is 99.6 cm³/mol. The number of thioether (sulfide) groups is 1. The molecule has 0 fully saturated rings. The van der Waals surface area contributed by atoms with E-state index in [0.29, 0.717) is 5.75 Å². The molecule has 120 valence electrons. The summed E-state index contributed by atoms with van der Waals surface area (Å²) in [6.07, 6.45) is 2.08. The minimum absolute atomic E-state index is 0.0533. The lowest BCUT2D eigenvalue weighted by atomic mass is 10.1. The van der Waals surface area contributed by atoms with Gasteiger partial charge >= 0.3 is 0 Å². The summed E-state index contributed by atoms with van der Waals surface area (Å²) in [7, 11) is 0. The summed E-state index contributed by atoms with van der Waals surface area (Å²) >= 11 is 1.44. The number of benzene rings is 2. The Kier molecular flexibility index (Phi) is 4.86. The van der Waals surface area contributed by atoms with Gasteiger partial charge in [0, 0.05) is 11.4 Å². The highest BCUT2D eigenvalue weighted by Gasteiger charge is 2.16. The zero-order chi connectivity index (χ0) is 16.2. The zero-order valence-corrected chi connectivity index (χ0v) is 14.2. The number of carbonyl (C=O) groups excluding carboxylic acids is 1. The van der Waals surface area contributed by atoms with Crippen molar-refractivity contribution in [2.45, 2.75) is 32.7 Å². The fraction of sp³-hybridized carbons (Fsp3) is 0.333. The molecular weight excluding hydrogens is 306 g/mol. The van der Waals surface area contributed by atoms with Gasteiger partial charge in [-0.3, -0.25) is 4.79 Å². The van der Waals surface area contributed by atoms with E-state index in [1.807, 2.05) is 31.2 Å². The Hall–Kier alpha value is -2.01. The number of hydrogen-bond donors (Lipinski definition) is 2. The van der Waals surface area contributed by atoms with Crippen LogP contribution >= 0.6 is 11.8 Å². The standard InChI is InChI=1S/C18H21N3OS/c1-3-6-12(2)19-16(22)11-23-18-20-14-9-4-7-13-8-5-10-15(21-18)17(13)14/h4-5,7-10,12H,3,6,11H2,1-2H3,(H,19,22)(H,20,21)/t12-/m1/s1. The van der Waals surface area contributed by atoms with E-state index in [0.717, 1.165) is 34.8 Å². The number of hydrogen-bond acceptors (Lipinski definition) is 4. The fourth-order valence-electron chi connectivity index (χ4n) is 2.80. The van der Waals surface area contributed by atoms with Crippen molar-refractivity contribution in [1.82, 2.24) is 5.32 Å². The van der Waals surface area contributed by atoms with Crippen LogP contribution in [0.15, 0.2) is 41.4 Å². The van der Waals surface area contributed by atoms with Gasteiger partial charge in [-0.2, -0.15) is 0 Å². The van der Waals surface area contributed by atoms with Gasteiger partial charge in [-0.05, 0) is 30.9 Å². The maximum absolute atomic E-state index is 12.0. The molecule has 23 heavy (non-hydrogen) atoms. The Morgan fingerprint density at radius 2 is 2.09 bits per heavy atom. The van der Waals surface area contributed by atoms with Gasteiger partial charge < -0.3 is 10.6 Å². The molecule has 0 aromatic heterocycles. The molecule has 2 aromatic rings. The lowest BCUT2D eigenvalue weighted by Crippen LogP contribution is -2.34. The van der Waals surface area contributed by atoms with Gasteiger partial charge in [-0.25, -0.2) is 4.99 Å². The van der Waals surface area contributed by atoms with Crippen molar-refractivity contribution in [3.8, 4) is 0 Å². The number of anilines is 1. The molecule has 4 nitrogen and oxygen atoms in total. The SMILES string of the molecule is CCC[C@@H](C)NC(=O)CSC1=Nc2cccc3cccc(c23)N1. The summed E-state index contributed by atoms with van der Waals surface area (Å²) in [5, 5.41) is 9.43. The normalized spacial score (nSPS) is 14.1. The first-order valence-corrected chi connectivity index (χ1v) is 8.95. The van der Waals surface area contributed by atoms with Crippen LogP contribution in [-0.4, -0.2) is 22.9 Å². The van der Waals surface area contributed by atoms with Crippen molar-refractivity contribution >= 4 is 45.0 Å². The van der Waals surface area contributed by atoms with Gasteiger partial charge in [0.1, 0.15) is 0 Å². The molecule has 0 saturated heterocycles. The fourth-order valence-corrected chi connectivity index (χ4v) is 3.49. The first-order chi connectivity index (χ1) is 11.2. The van der Waals surface area contributed by atoms with Crippen LogP contribution in [0.4, 0.5) is 11.4 Å². The molecule has 0 radical (unpaired) electrons. The number of amidine groups is 1. The molecule has 1 aliphatic heterocycles. The summed E-state index contributed by atoms with van der Waals surface area (Å²) in [5.74, 6) is 0.426. The summed E-state index contributed by atoms with van der Waals surface area (Å²) < 4.78 is 0. The highest BCUT2D eigenvalue weighted by molar-refractivity contribution is 8.14. The Morgan fingerprint density at radius 3 is 2.87 bits per heavy atom. The summed E-state index contributed by atoms with van der Waals surface area (Å²) in [5.41, 5.74) is 2.01. The summed E-state index contributed by atoms with van der Waals surface area (Å²) in [4.78, 5) is 16.6. The van der Waals surface area contributed by atoms with Crippen molar-refractivity contribution in [3.05, 3.63) is 36.4 Å². The lowest BCUT2D eigenvalue weighted by Gasteiger charge is -2.18. The van der Waals surface area contributed by atoms with Crippen LogP contribution in [0.25, 0.3) is 10.8 Å². The van der Waals surface area contributed by atoms with Crippen LogP contribution in [0.5, 0.6) is 0 Å². The van der Waals surface area contributed by atoms with Crippen molar-refractivity contribution in [2.75, 3.05) is 11.1 Å². The zero-order valence-electron chi connectivity index (χ0n) is 13.4. The summed E-state index contributed by atoms with van der Waals surface area (Å²) in [6, 6.07) is 12.5. The van der Waals surface area contributed by atoms with Gasteiger partial charge in [-0.15, -0.1) is 0 Å². The smallest absolute Gasteiger partial charge is 0.230 e. The molecule has 2 N–H and O–H groups in total. The third-order valence-corrected chi connectivity index (χ3v) is 4.69. The molecule has 2 aromatic carbocycles. The van der Waals surface area contributed by atoms with Crippen LogP contribution in [0.2, 0.25) is 0 Å². The molecular formula is C18H21N3OS. The second-order valence-corrected chi connectivity index (χ2v) is 6.73. The van der Waals surface area contributed by atoms with Gasteiger partial charge in [0.2, 0.25) is 5.91 Å². The molecule has 1 atom stereocenters. The Labute approximate surface area is 140 Å². The molecule has 1 heterocycles. The maximum atomic E-state index is 12.0. The van der Waals surface area contributed by atoms with Gasteiger partial charge in [0.25, 0.3) is 0 Å². The quantitative estimate of drug-likeness (QED) is 0.861. The molecule has 3 rings (SSSR count). The van der Waals surface area contributed by atoms with E-state index in [1.165, 1.54) is 17.1 Å². The third kappa shape index (κ3) is 3.67. The van der Waals surface area contributed by atoms with Crippen molar-refractivity contribution < 1.29 is 4.79 Å². The van der Waals surface area contributed by atoms with Crippen LogP contribution in [0.1, 0.15) is 26.7 Å². The largest absolute Gasteiger partial charge is 0.353 e. The van der Waals surface area contributed by atoms with Crippen LogP contribution in [0, 0.1) is 0 Å². The van der Waals surface area contributed by atoms with E-state index in [-0.39, 0.29) is 11.9 Å². The molecule has 1 amide bonds. The Bertz CT molecular complexity index is 752. The maximum Gasteiger partial charge on any atom is 0.230 e. The Morgan fingerprint density at radius 1 is 1.30 bits per heavy atom. The first-order valence-electron chi connectivity index (χ1n) is 7.97. The third-order valence-electron chi connectivity index (χ3n) is 3.82. The molecule has 5 heteroatoms.